The number of aromatic amines is 1. The lowest BCUT2D eigenvalue weighted by Gasteiger charge is -2.04. The van der Waals surface area contributed by atoms with Gasteiger partial charge in [0.15, 0.2) is 0 Å². The van der Waals surface area contributed by atoms with E-state index < -0.39 is 6.43 Å². The molecular weight excluding hydrogens is 341 g/mol. The van der Waals surface area contributed by atoms with Crippen LogP contribution >= 0.6 is 22.6 Å². The molecule has 1 heterocycles. The van der Waals surface area contributed by atoms with Crippen LogP contribution in [0.5, 0.6) is 0 Å². The number of rotatable bonds is 2. The lowest BCUT2D eigenvalue weighted by Crippen LogP contribution is -2.11. The van der Waals surface area contributed by atoms with Crippen LogP contribution in [0.25, 0.3) is 11.4 Å². The molecule has 0 fully saturated rings. The minimum atomic E-state index is -2.54. The summed E-state index contributed by atoms with van der Waals surface area (Å²) in [5.74, 6) is 0.290. The number of aromatic nitrogens is 2. The second kappa shape index (κ2) is 4.91. The Morgan fingerprint density at radius 3 is 2.76 bits per heavy atom. The van der Waals surface area contributed by atoms with Crippen molar-refractivity contribution in [3.05, 3.63) is 49.9 Å². The predicted molar refractivity (Wildman–Crippen MR) is 68.0 cm³/mol. The van der Waals surface area contributed by atoms with Crippen LogP contribution in [0.2, 0.25) is 0 Å². The molecule has 0 saturated carbocycles. The Morgan fingerprint density at radius 1 is 1.35 bits per heavy atom. The van der Waals surface area contributed by atoms with Crippen LogP contribution in [0.1, 0.15) is 12.0 Å². The van der Waals surface area contributed by atoms with E-state index in [1.54, 1.807) is 6.07 Å². The maximum atomic E-state index is 12.5. The van der Waals surface area contributed by atoms with Crippen LogP contribution in [0.3, 0.4) is 0 Å². The third-order valence-corrected chi connectivity index (χ3v) is 2.94. The zero-order valence-electron chi connectivity index (χ0n) is 8.45. The van der Waals surface area contributed by atoms with E-state index in [-0.39, 0.29) is 16.9 Å². The molecule has 0 aliphatic carbocycles. The normalized spacial score (nSPS) is 10.8. The van der Waals surface area contributed by atoms with Crippen LogP contribution in [-0.2, 0) is 0 Å². The van der Waals surface area contributed by atoms with E-state index in [2.05, 4.69) is 9.97 Å². The molecule has 0 saturated heterocycles. The smallest absolute Gasteiger partial charge is 0.264 e. The minimum Gasteiger partial charge on any atom is -0.306 e. The number of hydrogen-bond acceptors (Lipinski definition) is 2. The van der Waals surface area contributed by atoms with Crippen LogP contribution in [-0.4, -0.2) is 9.97 Å². The summed E-state index contributed by atoms with van der Waals surface area (Å²) in [7, 11) is 0. The van der Waals surface area contributed by atoms with Crippen molar-refractivity contribution in [3.63, 3.8) is 0 Å². The highest BCUT2D eigenvalue weighted by atomic mass is 127. The number of benzene rings is 1. The summed E-state index contributed by atoms with van der Waals surface area (Å²) in [5, 5.41) is 0. The van der Waals surface area contributed by atoms with Gasteiger partial charge in [-0.1, -0.05) is 18.2 Å². The van der Waals surface area contributed by atoms with Crippen LogP contribution in [0, 0.1) is 3.57 Å². The number of alkyl halides is 2. The lowest BCUT2D eigenvalue weighted by molar-refractivity contribution is 0.151. The third kappa shape index (κ3) is 2.68. The molecule has 0 amide bonds. The summed E-state index contributed by atoms with van der Waals surface area (Å²) >= 11 is 1.85. The Bertz CT molecular complexity index is 598. The second-order valence-electron chi connectivity index (χ2n) is 3.34. The van der Waals surface area contributed by atoms with Crippen molar-refractivity contribution in [2.75, 3.05) is 0 Å². The molecule has 0 radical (unpaired) electrons. The van der Waals surface area contributed by atoms with Gasteiger partial charge in [-0.05, 0) is 28.7 Å². The second-order valence-corrected chi connectivity index (χ2v) is 4.50. The van der Waals surface area contributed by atoms with Gasteiger partial charge >= 0.3 is 0 Å². The molecule has 1 aromatic heterocycles. The van der Waals surface area contributed by atoms with Gasteiger partial charge in [-0.2, -0.15) is 0 Å². The molecule has 2 aromatic rings. The monoisotopic (exact) mass is 348 g/mol. The number of hydrogen-bond donors (Lipinski definition) is 1. The van der Waals surface area contributed by atoms with Crippen LogP contribution in [0.15, 0.2) is 35.3 Å². The average molecular weight is 348 g/mol. The van der Waals surface area contributed by atoms with E-state index in [9.17, 15) is 13.6 Å². The Morgan fingerprint density at radius 2 is 2.12 bits per heavy atom. The number of nitrogens with zero attached hydrogens (tertiary/aromatic N) is 1. The minimum absolute atomic E-state index is 0.0938. The molecule has 0 atom stereocenters. The molecule has 0 aliphatic rings. The molecule has 88 valence electrons. The molecule has 0 bridgehead atoms. The summed E-state index contributed by atoms with van der Waals surface area (Å²) in [6, 6.07) is 5.78. The molecule has 0 aliphatic heterocycles. The Labute approximate surface area is 109 Å². The number of nitrogens with one attached hydrogen (secondary N) is 1. The predicted octanol–water partition coefficient (Wildman–Crippen LogP) is 2.98. The van der Waals surface area contributed by atoms with E-state index in [0.717, 1.165) is 0 Å². The van der Waals surface area contributed by atoms with Crippen molar-refractivity contribution in [1.82, 2.24) is 9.97 Å². The molecule has 2 rings (SSSR count). The van der Waals surface area contributed by atoms with E-state index in [4.69, 9.17) is 0 Å². The Balaban J connectivity index is 2.49. The highest BCUT2D eigenvalue weighted by Crippen LogP contribution is 2.23. The first kappa shape index (κ1) is 12.2. The van der Waals surface area contributed by atoms with Gasteiger partial charge in [-0.25, -0.2) is 13.8 Å². The Hall–Kier alpha value is -1.31. The fraction of sp³-hybridized carbons (Fsp3) is 0.0909. The maximum Gasteiger partial charge on any atom is 0.264 e. The zero-order valence-corrected chi connectivity index (χ0v) is 10.6. The average Bonchev–Trinajstić information content (AvgIpc) is 2.33. The van der Waals surface area contributed by atoms with Gasteiger partial charge in [0, 0.05) is 17.3 Å². The molecule has 3 nitrogen and oxygen atoms in total. The Kier molecular flexibility index (Phi) is 3.51. The molecule has 0 unspecified atom stereocenters. The highest BCUT2D eigenvalue weighted by molar-refractivity contribution is 14.1. The summed E-state index contributed by atoms with van der Waals surface area (Å²) in [6.45, 7) is 0. The maximum absolute atomic E-state index is 12.5. The van der Waals surface area contributed by atoms with Gasteiger partial charge in [0.05, 0.1) is 3.57 Å². The van der Waals surface area contributed by atoms with Gasteiger partial charge in [0.25, 0.3) is 12.0 Å². The van der Waals surface area contributed by atoms with Crippen LogP contribution < -0.4 is 5.56 Å². The fourth-order valence-corrected chi connectivity index (χ4v) is 1.62. The van der Waals surface area contributed by atoms with Gasteiger partial charge in [0.2, 0.25) is 0 Å². The molecule has 17 heavy (non-hydrogen) atoms. The summed E-state index contributed by atoms with van der Waals surface area (Å²) in [6.07, 6.45) is -1.13. The number of H-pyrrole nitrogens is 1. The molecule has 0 spiro atoms. The topological polar surface area (TPSA) is 45.8 Å². The molecule has 1 N–H and O–H groups in total. The van der Waals surface area contributed by atoms with E-state index >= 15 is 0 Å². The van der Waals surface area contributed by atoms with Gasteiger partial charge in [-0.3, -0.25) is 4.79 Å². The largest absolute Gasteiger partial charge is 0.306 e. The van der Waals surface area contributed by atoms with Gasteiger partial charge in [0.1, 0.15) is 5.82 Å². The standard InChI is InChI=1S/C11H7F2IN2O/c12-9(13)6-2-1-3-7(4-6)10-15-5-8(14)11(17)16-10/h1-5,9H,(H,15,16,17). The quantitative estimate of drug-likeness (QED) is 0.849. The van der Waals surface area contributed by atoms with Crippen molar-refractivity contribution < 1.29 is 8.78 Å². The summed E-state index contributed by atoms with van der Waals surface area (Å²) in [5.41, 5.74) is 0.0954. The first-order chi connectivity index (χ1) is 8.08. The third-order valence-electron chi connectivity index (χ3n) is 2.17. The highest BCUT2D eigenvalue weighted by Gasteiger charge is 2.09. The van der Waals surface area contributed by atoms with Crippen molar-refractivity contribution in [1.29, 1.82) is 0 Å². The summed E-state index contributed by atoms with van der Waals surface area (Å²) in [4.78, 5) is 17.9. The lowest BCUT2D eigenvalue weighted by atomic mass is 10.1. The molecule has 6 heteroatoms. The van der Waals surface area contributed by atoms with Gasteiger partial charge in [-0.15, -0.1) is 0 Å². The van der Waals surface area contributed by atoms with E-state index in [0.29, 0.717) is 9.13 Å². The van der Waals surface area contributed by atoms with E-state index in [1.165, 1.54) is 24.4 Å². The van der Waals surface area contributed by atoms with Gasteiger partial charge < -0.3 is 4.98 Å². The number of halogens is 3. The van der Waals surface area contributed by atoms with Crippen molar-refractivity contribution in [2.45, 2.75) is 6.43 Å². The van der Waals surface area contributed by atoms with Crippen molar-refractivity contribution >= 4 is 22.6 Å². The molecule has 1 aromatic carbocycles. The van der Waals surface area contributed by atoms with Crippen LogP contribution in [0.4, 0.5) is 8.78 Å². The van der Waals surface area contributed by atoms with E-state index in [1.807, 2.05) is 22.6 Å². The van der Waals surface area contributed by atoms with Crippen molar-refractivity contribution in [3.8, 4) is 11.4 Å². The SMILES string of the molecule is O=c1[nH]c(-c2cccc(C(F)F)c2)ncc1I. The molecular formula is C11H7F2IN2O. The summed E-state index contributed by atoms with van der Waals surface area (Å²) < 4.78 is 25.5. The first-order valence-corrected chi connectivity index (χ1v) is 5.79. The van der Waals surface area contributed by atoms with Crippen molar-refractivity contribution in [2.24, 2.45) is 0 Å². The first-order valence-electron chi connectivity index (χ1n) is 4.71. The fourth-order valence-electron chi connectivity index (χ4n) is 1.35. The zero-order chi connectivity index (χ0) is 12.4.